The van der Waals surface area contributed by atoms with Gasteiger partial charge in [0, 0.05) is 49.7 Å². The number of hydrogen-bond donors (Lipinski definition) is 2. The molecule has 3 rings (SSSR count). The predicted molar refractivity (Wildman–Crippen MR) is 108 cm³/mol. The Balaban J connectivity index is 1.63. The third kappa shape index (κ3) is 4.18. The fraction of sp³-hybridized carbons (Fsp3) is 0.500. The van der Waals surface area contributed by atoms with Crippen LogP contribution in [0.2, 0.25) is 0 Å². The number of aryl methyl sites for hydroxylation is 2. The van der Waals surface area contributed by atoms with Gasteiger partial charge in [-0.15, -0.1) is 0 Å². The second-order valence-corrected chi connectivity index (χ2v) is 6.88. The highest BCUT2D eigenvalue weighted by molar-refractivity contribution is 5.80. The molecule has 2 aromatic rings. The van der Waals surface area contributed by atoms with E-state index < -0.39 is 0 Å². The molecule has 0 spiro atoms. The van der Waals surface area contributed by atoms with Crippen molar-refractivity contribution in [3.63, 3.8) is 0 Å². The van der Waals surface area contributed by atoms with Crippen LogP contribution in [0, 0.1) is 13.8 Å². The molecule has 1 aliphatic heterocycles. The number of guanidine groups is 1. The first-order valence-electron chi connectivity index (χ1n) is 9.42. The van der Waals surface area contributed by atoms with Crippen molar-refractivity contribution in [3.05, 3.63) is 47.3 Å². The van der Waals surface area contributed by atoms with Crippen LogP contribution in [-0.2, 0) is 13.6 Å². The van der Waals surface area contributed by atoms with Crippen LogP contribution >= 0.6 is 0 Å². The summed E-state index contributed by atoms with van der Waals surface area (Å²) in [5.74, 6) is 0.884. The highest BCUT2D eigenvalue weighted by Crippen LogP contribution is 2.19. The summed E-state index contributed by atoms with van der Waals surface area (Å²) in [6, 6.07) is 11.0. The molecule has 0 amide bonds. The summed E-state index contributed by atoms with van der Waals surface area (Å²) in [6.45, 7) is 9.82. The van der Waals surface area contributed by atoms with E-state index in [0.29, 0.717) is 12.6 Å². The van der Waals surface area contributed by atoms with Gasteiger partial charge in [-0.25, -0.2) is 4.99 Å². The Kier molecular flexibility index (Phi) is 5.81. The van der Waals surface area contributed by atoms with Crippen LogP contribution in [0.5, 0.6) is 0 Å². The molecule has 0 aliphatic carbocycles. The lowest BCUT2D eigenvalue weighted by atomic mass is 10.2. The molecule has 140 valence electrons. The van der Waals surface area contributed by atoms with Gasteiger partial charge in [0.15, 0.2) is 5.96 Å². The van der Waals surface area contributed by atoms with Crippen LogP contribution in [0.4, 0.5) is 5.69 Å². The zero-order chi connectivity index (χ0) is 18.5. The maximum Gasteiger partial charge on any atom is 0.191 e. The van der Waals surface area contributed by atoms with E-state index in [0.717, 1.165) is 37.7 Å². The first-order valence-corrected chi connectivity index (χ1v) is 9.42. The van der Waals surface area contributed by atoms with Crippen molar-refractivity contribution in [3.8, 4) is 0 Å². The Morgan fingerprint density at radius 3 is 2.69 bits per heavy atom. The molecule has 1 aromatic carbocycles. The first-order chi connectivity index (χ1) is 12.6. The molecule has 1 atom stereocenters. The van der Waals surface area contributed by atoms with E-state index in [4.69, 9.17) is 4.99 Å². The van der Waals surface area contributed by atoms with Crippen molar-refractivity contribution in [1.29, 1.82) is 0 Å². The van der Waals surface area contributed by atoms with Gasteiger partial charge in [-0.1, -0.05) is 18.2 Å². The number of para-hydroxylation sites is 1. The van der Waals surface area contributed by atoms with Crippen molar-refractivity contribution in [2.45, 2.75) is 39.8 Å². The maximum absolute atomic E-state index is 4.80. The molecule has 6 heteroatoms. The van der Waals surface area contributed by atoms with Crippen LogP contribution in [-0.4, -0.2) is 41.4 Å². The zero-order valence-electron chi connectivity index (χ0n) is 16.3. The summed E-state index contributed by atoms with van der Waals surface area (Å²) in [6.07, 6.45) is 1.12. The van der Waals surface area contributed by atoms with Crippen molar-refractivity contribution >= 4 is 11.6 Å². The van der Waals surface area contributed by atoms with E-state index in [-0.39, 0.29) is 0 Å². The molecule has 2 N–H and O–H groups in total. The average molecular weight is 355 g/mol. The van der Waals surface area contributed by atoms with Gasteiger partial charge in [-0.05, 0) is 39.3 Å². The lowest BCUT2D eigenvalue weighted by Gasteiger charge is -2.20. The molecule has 0 saturated carbocycles. The van der Waals surface area contributed by atoms with E-state index in [1.807, 2.05) is 18.7 Å². The monoisotopic (exact) mass is 354 g/mol. The Labute approximate surface area is 156 Å². The van der Waals surface area contributed by atoms with Crippen LogP contribution < -0.4 is 15.5 Å². The Hall–Kier alpha value is -2.50. The standard InChI is InChI=1S/C20H30N6/c1-5-21-20(22-13-19-15(2)24-25(4)16(19)3)23-17-11-12-26(14-17)18-9-7-6-8-10-18/h6-10,17H,5,11-14H2,1-4H3,(H2,21,22,23). The summed E-state index contributed by atoms with van der Waals surface area (Å²) in [7, 11) is 1.98. The number of benzene rings is 1. The second kappa shape index (κ2) is 8.25. The van der Waals surface area contributed by atoms with Gasteiger partial charge in [-0.2, -0.15) is 5.10 Å². The highest BCUT2D eigenvalue weighted by Gasteiger charge is 2.23. The number of aliphatic imine (C=N–C) groups is 1. The molecule has 0 radical (unpaired) electrons. The summed E-state index contributed by atoms with van der Waals surface area (Å²) in [4.78, 5) is 7.23. The average Bonchev–Trinajstić information content (AvgIpc) is 3.19. The van der Waals surface area contributed by atoms with Gasteiger partial charge >= 0.3 is 0 Å². The zero-order valence-corrected chi connectivity index (χ0v) is 16.3. The lowest BCUT2D eigenvalue weighted by Crippen LogP contribution is -2.44. The van der Waals surface area contributed by atoms with Crippen molar-refractivity contribution < 1.29 is 0 Å². The van der Waals surface area contributed by atoms with Gasteiger partial charge in [0.25, 0.3) is 0 Å². The lowest BCUT2D eigenvalue weighted by molar-refractivity contribution is 0.649. The number of aromatic nitrogens is 2. The molecule has 0 bridgehead atoms. The molecule has 1 fully saturated rings. The van der Waals surface area contributed by atoms with E-state index in [2.05, 4.69) is 64.8 Å². The Morgan fingerprint density at radius 2 is 2.04 bits per heavy atom. The molecule has 1 aliphatic rings. The summed E-state index contributed by atoms with van der Waals surface area (Å²) in [5.41, 5.74) is 4.74. The quantitative estimate of drug-likeness (QED) is 0.639. The molecule has 26 heavy (non-hydrogen) atoms. The van der Waals surface area contributed by atoms with Crippen molar-refractivity contribution in [2.75, 3.05) is 24.5 Å². The minimum absolute atomic E-state index is 0.407. The van der Waals surface area contributed by atoms with Crippen molar-refractivity contribution in [1.82, 2.24) is 20.4 Å². The minimum atomic E-state index is 0.407. The predicted octanol–water partition coefficient (Wildman–Crippen LogP) is 2.37. The van der Waals surface area contributed by atoms with Crippen LogP contribution in [0.1, 0.15) is 30.3 Å². The Morgan fingerprint density at radius 1 is 1.27 bits per heavy atom. The van der Waals surface area contributed by atoms with E-state index in [9.17, 15) is 0 Å². The van der Waals surface area contributed by atoms with E-state index >= 15 is 0 Å². The fourth-order valence-electron chi connectivity index (χ4n) is 3.47. The summed E-state index contributed by atoms with van der Waals surface area (Å²) in [5, 5.41) is 11.5. The number of anilines is 1. The van der Waals surface area contributed by atoms with Crippen LogP contribution in [0.15, 0.2) is 35.3 Å². The summed E-state index contributed by atoms with van der Waals surface area (Å²) >= 11 is 0. The molecule has 1 saturated heterocycles. The minimum Gasteiger partial charge on any atom is -0.369 e. The SMILES string of the molecule is CCNC(=NCc1c(C)nn(C)c1C)NC1CCN(c2ccccc2)C1. The van der Waals surface area contributed by atoms with E-state index in [1.165, 1.54) is 16.9 Å². The molecular formula is C20H30N6. The van der Waals surface area contributed by atoms with E-state index in [1.54, 1.807) is 0 Å². The number of nitrogens with one attached hydrogen (secondary N) is 2. The van der Waals surface area contributed by atoms with Crippen molar-refractivity contribution in [2.24, 2.45) is 12.0 Å². The molecule has 2 heterocycles. The van der Waals surface area contributed by atoms with Crippen LogP contribution in [0.3, 0.4) is 0 Å². The molecule has 1 unspecified atom stereocenters. The maximum atomic E-state index is 4.80. The highest BCUT2D eigenvalue weighted by atomic mass is 15.3. The van der Waals surface area contributed by atoms with Gasteiger partial charge in [-0.3, -0.25) is 4.68 Å². The number of nitrogens with zero attached hydrogens (tertiary/aromatic N) is 4. The molecule has 6 nitrogen and oxygen atoms in total. The largest absolute Gasteiger partial charge is 0.369 e. The summed E-state index contributed by atoms with van der Waals surface area (Å²) < 4.78 is 1.93. The smallest absolute Gasteiger partial charge is 0.191 e. The number of rotatable bonds is 5. The van der Waals surface area contributed by atoms with Gasteiger partial charge in [0.2, 0.25) is 0 Å². The first kappa shape index (κ1) is 18.3. The fourth-order valence-corrected chi connectivity index (χ4v) is 3.47. The number of hydrogen-bond acceptors (Lipinski definition) is 3. The third-order valence-electron chi connectivity index (χ3n) is 5.05. The van der Waals surface area contributed by atoms with Gasteiger partial charge in [0.1, 0.15) is 0 Å². The second-order valence-electron chi connectivity index (χ2n) is 6.88. The normalized spacial score (nSPS) is 17.6. The topological polar surface area (TPSA) is 57.5 Å². The third-order valence-corrected chi connectivity index (χ3v) is 5.05. The van der Waals surface area contributed by atoms with Gasteiger partial charge in [0.05, 0.1) is 12.2 Å². The molecular weight excluding hydrogens is 324 g/mol. The Bertz CT molecular complexity index is 749. The molecule has 1 aromatic heterocycles. The van der Waals surface area contributed by atoms with Gasteiger partial charge < -0.3 is 15.5 Å². The van der Waals surface area contributed by atoms with Crippen LogP contribution in [0.25, 0.3) is 0 Å².